The Balaban J connectivity index is 2.06. The van der Waals surface area contributed by atoms with Crippen molar-refractivity contribution in [1.82, 2.24) is 0 Å². The van der Waals surface area contributed by atoms with Gasteiger partial charge in [-0.1, -0.05) is 26.3 Å². The van der Waals surface area contributed by atoms with Crippen LogP contribution in [-0.4, -0.2) is 39.9 Å². The number of carbonyl (C=O) groups excluding carboxylic acids is 1. The summed E-state index contributed by atoms with van der Waals surface area (Å²) < 4.78 is 6.36. The summed E-state index contributed by atoms with van der Waals surface area (Å²) >= 11 is 0. The minimum Gasteiger partial charge on any atom is -0.396 e. The lowest BCUT2D eigenvalue weighted by atomic mass is 9.43. The van der Waals surface area contributed by atoms with E-state index in [2.05, 4.69) is 13.5 Å². The van der Waals surface area contributed by atoms with Gasteiger partial charge >= 0.3 is 0 Å². The minimum atomic E-state index is -0.816. The molecule has 3 aliphatic rings. The molecule has 0 bridgehead atoms. The maximum absolute atomic E-state index is 13.2. The van der Waals surface area contributed by atoms with Gasteiger partial charge in [0.05, 0.1) is 11.7 Å². The molecule has 2 N–H and O–H groups in total. The van der Waals surface area contributed by atoms with Crippen molar-refractivity contribution in [2.24, 2.45) is 22.7 Å². The summed E-state index contributed by atoms with van der Waals surface area (Å²) in [6.07, 6.45) is 4.83. The molecule has 1 heterocycles. The summed E-state index contributed by atoms with van der Waals surface area (Å²) in [7, 11) is 0. The van der Waals surface area contributed by atoms with Gasteiger partial charge < -0.3 is 14.9 Å². The lowest BCUT2D eigenvalue weighted by molar-refractivity contribution is -0.274. The molecule has 3 rings (SSSR count). The van der Waals surface area contributed by atoms with Crippen LogP contribution in [0, 0.1) is 22.7 Å². The first kappa shape index (κ1) is 18.1. The van der Waals surface area contributed by atoms with E-state index in [0.29, 0.717) is 12.8 Å². The van der Waals surface area contributed by atoms with E-state index >= 15 is 0 Å². The molecular weight excluding hydrogens is 304 g/mol. The molecule has 0 aromatic carbocycles. The molecule has 2 unspecified atom stereocenters. The Hall–Kier alpha value is -0.710. The van der Waals surface area contributed by atoms with Gasteiger partial charge in [0.1, 0.15) is 11.4 Å². The second-order valence-corrected chi connectivity index (χ2v) is 9.35. The number of fused-ring (bicyclic) bond motifs is 3. The second kappa shape index (κ2) is 5.39. The SMILES string of the molecule is C=C[C@]1(C)O[C@@]2(C)CC(=O)[C@H]3C(C)(CO)CCC[C@@]3(C)C2C[C@H]1O. The smallest absolute Gasteiger partial charge is 0.140 e. The first-order valence-electron chi connectivity index (χ1n) is 9.20. The van der Waals surface area contributed by atoms with Gasteiger partial charge in [0.25, 0.3) is 0 Å². The number of aliphatic hydroxyl groups excluding tert-OH is 2. The molecule has 1 aliphatic heterocycles. The molecule has 0 radical (unpaired) electrons. The topological polar surface area (TPSA) is 66.8 Å². The molecule has 136 valence electrons. The second-order valence-electron chi connectivity index (χ2n) is 9.35. The van der Waals surface area contributed by atoms with E-state index in [4.69, 9.17) is 4.74 Å². The molecule has 0 amide bonds. The van der Waals surface area contributed by atoms with Gasteiger partial charge in [0.2, 0.25) is 0 Å². The molecule has 24 heavy (non-hydrogen) atoms. The van der Waals surface area contributed by atoms with E-state index in [1.54, 1.807) is 6.08 Å². The van der Waals surface area contributed by atoms with Crippen molar-refractivity contribution in [3.05, 3.63) is 12.7 Å². The molecule has 4 heteroatoms. The molecular formula is C20H32O4. The first-order chi connectivity index (χ1) is 11.0. The quantitative estimate of drug-likeness (QED) is 0.761. The molecule has 0 aromatic heterocycles. The zero-order valence-electron chi connectivity index (χ0n) is 15.5. The first-order valence-corrected chi connectivity index (χ1v) is 9.20. The summed E-state index contributed by atoms with van der Waals surface area (Å²) in [6, 6.07) is 0. The molecule has 2 saturated carbocycles. The summed E-state index contributed by atoms with van der Waals surface area (Å²) in [5, 5.41) is 20.7. The van der Waals surface area contributed by atoms with Gasteiger partial charge in [0, 0.05) is 24.4 Å². The zero-order chi connectivity index (χ0) is 18.0. The van der Waals surface area contributed by atoms with Crippen LogP contribution in [0.25, 0.3) is 0 Å². The summed E-state index contributed by atoms with van der Waals surface area (Å²) in [5.74, 6) is 0.142. The van der Waals surface area contributed by atoms with Gasteiger partial charge in [-0.05, 0) is 44.4 Å². The van der Waals surface area contributed by atoms with E-state index in [-0.39, 0.29) is 35.1 Å². The molecule has 1 saturated heterocycles. The van der Waals surface area contributed by atoms with Gasteiger partial charge in [-0.2, -0.15) is 0 Å². The number of hydrogen-bond acceptors (Lipinski definition) is 4. The third-order valence-electron chi connectivity index (χ3n) is 7.54. The highest BCUT2D eigenvalue weighted by Gasteiger charge is 2.66. The fraction of sp³-hybridized carbons (Fsp3) is 0.850. The summed E-state index contributed by atoms with van der Waals surface area (Å²) in [6.45, 7) is 12.0. The Labute approximate surface area is 145 Å². The highest BCUT2D eigenvalue weighted by Crippen LogP contribution is 2.64. The number of carbonyl (C=O) groups is 1. The van der Waals surface area contributed by atoms with Crippen LogP contribution >= 0.6 is 0 Å². The number of Topliss-reactive ketones (excluding diaryl/α,β-unsaturated/α-hetero) is 1. The molecule has 2 aliphatic carbocycles. The maximum Gasteiger partial charge on any atom is 0.140 e. The Morgan fingerprint density at radius 1 is 1.29 bits per heavy atom. The number of aliphatic hydroxyl groups is 2. The average molecular weight is 336 g/mol. The van der Waals surface area contributed by atoms with Gasteiger partial charge in [-0.3, -0.25) is 4.79 Å². The highest BCUT2D eigenvalue weighted by atomic mass is 16.5. The van der Waals surface area contributed by atoms with Crippen LogP contribution in [-0.2, 0) is 9.53 Å². The Bertz CT molecular complexity index is 560. The number of rotatable bonds is 2. The van der Waals surface area contributed by atoms with E-state index in [1.807, 2.05) is 20.8 Å². The van der Waals surface area contributed by atoms with E-state index < -0.39 is 17.3 Å². The lowest BCUT2D eigenvalue weighted by Gasteiger charge is -2.65. The van der Waals surface area contributed by atoms with Crippen LogP contribution in [0.4, 0.5) is 0 Å². The van der Waals surface area contributed by atoms with Crippen molar-refractivity contribution in [1.29, 1.82) is 0 Å². The van der Waals surface area contributed by atoms with E-state index in [0.717, 1.165) is 19.3 Å². The summed E-state index contributed by atoms with van der Waals surface area (Å²) in [4.78, 5) is 13.2. The average Bonchev–Trinajstić information content (AvgIpc) is 2.49. The van der Waals surface area contributed by atoms with Crippen LogP contribution in [0.15, 0.2) is 12.7 Å². The van der Waals surface area contributed by atoms with Crippen molar-refractivity contribution < 1.29 is 19.7 Å². The monoisotopic (exact) mass is 336 g/mol. The number of ether oxygens (including phenoxy) is 1. The predicted octanol–water partition coefficient (Wildman–Crippen LogP) is 2.87. The molecule has 7 atom stereocenters. The summed E-state index contributed by atoms with van der Waals surface area (Å²) in [5.41, 5.74) is -2.01. The van der Waals surface area contributed by atoms with Crippen molar-refractivity contribution in [2.45, 2.75) is 77.1 Å². The Morgan fingerprint density at radius 3 is 2.54 bits per heavy atom. The lowest BCUT2D eigenvalue weighted by Crippen LogP contribution is -2.68. The van der Waals surface area contributed by atoms with Gasteiger partial charge in [-0.15, -0.1) is 6.58 Å². The Morgan fingerprint density at radius 2 is 1.96 bits per heavy atom. The predicted molar refractivity (Wildman–Crippen MR) is 92.5 cm³/mol. The Kier molecular flexibility index (Phi) is 4.06. The number of ketones is 1. The molecule has 0 spiro atoms. The minimum absolute atomic E-state index is 0.0379. The van der Waals surface area contributed by atoms with Crippen molar-refractivity contribution in [3.63, 3.8) is 0 Å². The van der Waals surface area contributed by atoms with Crippen LogP contribution in [0.5, 0.6) is 0 Å². The largest absolute Gasteiger partial charge is 0.396 e. The van der Waals surface area contributed by atoms with Crippen LogP contribution in [0.3, 0.4) is 0 Å². The van der Waals surface area contributed by atoms with E-state index in [9.17, 15) is 15.0 Å². The molecule has 0 aromatic rings. The van der Waals surface area contributed by atoms with Crippen LogP contribution in [0.2, 0.25) is 0 Å². The molecule has 4 nitrogen and oxygen atoms in total. The normalized spacial score (nSPS) is 54.8. The van der Waals surface area contributed by atoms with Crippen LogP contribution in [0.1, 0.15) is 59.8 Å². The third-order valence-corrected chi connectivity index (χ3v) is 7.54. The standard InChI is InChI=1S/C20H32O4/c1-6-19(4)15(23)10-14-18(3)9-7-8-17(2,12-21)16(18)13(22)11-20(14,5)24-19/h6,14-16,21,23H,1,7-12H2,2-5H3/t14?,15-,16+,17?,18+,19+,20+/m1/s1. The van der Waals surface area contributed by atoms with Crippen molar-refractivity contribution >= 4 is 5.78 Å². The maximum atomic E-state index is 13.2. The molecule has 3 fully saturated rings. The fourth-order valence-electron chi connectivity index (χ4n) is 6.36. The van der Waals surface area contributed by atoms with Gasteiger partial charge in [0.15, 0.2) is 0 Å². The van der Waals surface area contributed by atoms with E-state index in [1.165, 1.54) is 0 Å². The van der Waals surface area contributed by atoms with Crippen LogP contribution < -0.4 is 0 Å². The van der Waals surface area contributed by atoms with Crippen molar-refractivity contribution in [2.75, 3.05) is 6.61 Å². The van der Waals surface area contributed by atoms with Gasteiger partial charge in [-0.25, -0.2) is 0 Å². The zero-order valence-corrected chi connectivity index (χ0v) is 15.5. The third kappa shape index (κ3) is 2.26. The van der Waals surface area contributed by atoms with Crippen molar-refractivity contribution in [3.8, 4) is 0 Å². The fourth-order valence-corrected chi connectivity index (χ4v) is 6.36. The number of hydrogen-bond donors (Lipinski definition) is 2. The highest BCUT2D eigenvalue weighted by molar-refractivity contribution is 5.85.